The molecule has 3 fully saturated rings. The number of carbonyl (C=O) groups is 1. The van der Waals surface area contributed by atoms with Crippen molar-refractivity contribution < 1.29 is 4.79 Å². The highest BCUT2D eigenvalue weighted by Crippen LogP contribution is 2.30. The van der Waals surface area contributed by atoms with Crippen molar-refractivity contribution in [1.82, 2.24) is 19.8 Å². The zero-order chi connectivity index (χ0) is 18.2. The number of thiazole rings is 1. The number of rotatable bonds is 3. The molecule has 3 saturated heterocycles. The molecule has 1 amide bonds. The molecule has 2 bridgehead atoms. The van der Waals surface area contributed by atoms with E-state index in [9.17, 15) is 4.79 Å². The van der Waals surface area contributed by atoms with Crippen molar-refractivity contribution in [3.05, 3.63) is 59.4 Å². The van der Waals surface area contributed by atoms with Crippen LogP contribution in [-0.2, 0) is 6.54 Å². The summed E-state index contributed by atoms with van der Waals surface area (Å²) >= 11 is 1.59. The Labute approximate surface area is 162 Å². The van der Waals surface area contributed by atoms with Crippen molar-refractivity contribution in [3.63, 3.8) is 0 Å². The first-order valence-corrected chi connectivity index (χ1v) is 10.4. The van der Waals surface area contributed by atoms with Gasteiger partial charge in [-0.3, -0.25) is 14.7 Å². The summed E-state index contributed by atoms with van der Waals surface area (Å²) in [4.78, 5) is 26.6. The Morgan fingerprint density at radius 2 is 2.07 bits per heavy atom. The molecule has 0 N–H and O–H groups in total. The smallest absolute Gasteiger partial charge is 0.254 e. The maximum atomic E-state index is 13.3. The second kappa shape index (κ2) is 7.02. The summed E-state index contributed by atoms with van der Waals surface area (Å²) in [6, 6.07) is 12.3. The van der Waals surface area contributed by atoms with E-state index in [0.29, 0.717) is 5.92 Å². The van der Waals surface area contributed by atoms with Crippen LogP contribution in [0, 0.1) is 5.92 Å². The monoisotopic (exact) mass is 378 g/mol. The molecule has 2 atom stereocenters. The summed E-state index contributed by atoms with van der Waals surface area (Å²) in [5.41, 5.74) is 4.70. The van der Waals surface area contributed by atoms with Crippen LogP contribution in [0.2, 0.25) is 0 Å². The number of carbonyl (C=O) groups excluding carboxylic acids is 1. The van der Waals surface area contributed by atoms with Crippen molar-refractivity contribution in [2.24, 2.45) is 5.92 Å². The Bertz CT molecular complexity index is 957. The average Bonchev–Trinajstić information content (AvgIpc) is 3.00. The SMILES string of the molecule is O=C(c1ccc2ncsc2c1)N1C[C@@H]2CC[C@H]1CN(Cc1ccccn1)C2. The van der Waals surface area contributed by atoms with Gasteiger partial charge in [-0.05, 0) is 49.1 Å². The first kappa shape index (κ1) is 16.8. The number of aromatic nitrogens is 2. The van der Waals surface area contributed by atoms with Crippen LogP contribution in [0.3, 0.4) is 0 Å². The lowest BCUT2D eigenvalue weighted by atomic mass is 9.94. The van der Waals surface area contributed by atoms with Crippen molar-refractivity contribution in [1.29, 1.82) is 0 Å². The van der Waals surface area contributed by atoms with Crippen molar-refractivity contribution in [2.45, 2.75) is 25.4 Å². The van der Waals surface area contributed by atoms with Crippen LogP contribution in [0.15, 0.2) is 48.1 Å². The van der Waals surface area contributed by atoms with E-state index < -0.39 is 0 Å². The molecule has 138 valence electrons. The van der Waals surface area contributed by atoms with E-state index in [-0.39, 0.29) is 11.9 Å². The molecular formula is C21H22N4OS. The molecule has 0 aliphatic carbocycles. The van der Waals surface area contributed by atoms with Gasteiger partial charge in [-0.1, -0.05) is 6.07 Å². The molecule has 3 aliphatic rings. The maximum Gasteiger partial charge on any atom is 0.254 e. The normalized spacial score (nSPS) is 22.9. The van der Waals surface area contributed by atoms with E-state index in [2.05, 4.69) is 25.8 Å². The molecule has 3 aliphatic heterocycles. The van der Waals surface area contributed by atoms with Gasteiger partial charge in [0, 0.05) is 44.0 Å². The summed E-state index contributed by atoms with van der Waals surface area (Å²) in [6.45, 7) is 3.71. The molecule has 0 spiro atoms. The molecular weight excluding hydrogens is 356 g/mol. The quantitative estimate of drug-likeness (QED) is 0.701. The highest BCUT2D eigenvalue weighted by molar-refractivity contribution is 7.16. The lowest BCUT2D eigenvalue weighted by Crippen LogP contribution is -2.47. The Kier molecular flexibility index (Phi) is 4.38. The Morgan fingerprint density at radius 3 is 2.96 bits per heavy atom. The van der Waals surface area contributed by atoms with Gasteiger partial charge in [-0.25, -0.2) is 4.98 Å². The van der Waals surface area contributed by atoms with Crippen molar-refractivity contribution in [3.8, 4) is 0 Å². The lowest BCUT2D eigenvalue weighted by molar-refractivity contribution is 0.0585. The predicted molar refractivity (Wildman–Crippen MR) is 107 cm³/mol. The summed E-state index contributed by atoms with van der Waals surface area (Å²) in [5, 5.41) is 0. The summed E-state index contributed by atoms with van der Waals surface area (Å²) < 4.78 is 1.08. The highest BCUT2D eigenvalue weighted by atomic mass is 32.1. The van der Waals surface area contributed by atoms with Crippen LogP contribution in [0.5, 0.6) is 0 Å². The number of hydrogen-bond acceptors (Lipinski definition) is 5. The number of amides is 1. The fourth-order valence-electron chi connectivity index (χ4n) is 4.43. The topological polar surface area (TPSA) is 49.3 Å². The van der Waals surface area contributed by atoms with Crippen LogP contribution in [0.4, 0.5) is 0 Å². The molecule has 2 aromatic heterocycles. The van der Waals surface area contributed by atoms with Gasteiger partial charge in [-0.2, -0.15) is 0 Å². The second-order valence-corrected chi connectivity index (χ2v) is 8.49. The van der Waals surface area contributed by atoms with Gasteiger partial charge >= 0.3 is 0 Å². The molecule has 1 aromatic carbocycles. The minimum atomic E-state index is 0.166. The van der Waals surface area contributed by atoms with Crippen molar-refractivity contribution in [2.75, 3.05) is 19.6 Å². The minimum absolute atomic E-state index is 0.166. The van der Waals surface area contributed by atoms with Crippen LogP contribution in [-0.4, -0.2) is 51.4 Å². The van der Waals surface area contributed by atoms with E-state index in [0.717, 1.165) is 54.1 Å². The number of fused-ring (bicyclic) bond motifs is 5. The summed E-state index contributed by atoms with van der Waals surface area (Å²) in [6.07, 6.45) is 4.16. The van der Waals surface area contributed by atoms with Gasteiger partial charge in [0.05, 0.1) is 21.4 Å². The summed E-state index contributed by atoms with van der Waals surface area (Å²) in [7, 11) is 0. The number of nitrogens with zero attached hydrogens (tertiary/aromatic N) is 4. The van der Waals surface area contributed by atoms with Crippen LogP contribution in [0.1, 0.15) is 28.9 Å². The number of hydrogen-bond donors (Lipinski definition) is 0. The fourth-order valence-corrected chi connectivity index (χ4v) is 5.15. The Balaban J connectivity index is 1.35. The standard InChI is InChI=1S/C21H22N4OS/c26-21(16-5-7-19-20(9-16)27-14-23-19)25-11-15-4-6-18(25)13-24(10-15)12-17-3-1-2-8-22-17/h1-3,5,7-9,14-15,18H,4,6,10-13H2/t15-,18+/m1/s1. The van der Waals surface area contributed by atoms with E-state index in [1.54, 1.807) is 11.3 Å². The highest BCUT2D eigenvalue weighted by Gasteiger charge is 2.37. The molecule has 5 heterocycles. The second-order valence-electron chi connectivity index (χ2n) is 7.60. The Morgan fingerprint density at radius 1 is 1.11 bits per heavy atom. The van der Waals surface area contributed by atoms with Crippen LogP contribution < -0.4 is 0 Å². The maximum absolute atomic E-state index is 13.3. The van der Waals surface area contributed by atoms with Gasteiger partial charge in [0.1, 0.15) is 0 Å². The van der Waals surface area contributed by atoms with Gasteiger partial charge in [0.2, 0.25) is 0 Å². The van der Waals surface area contributed by atoms with E-state index in [1.807, 2.05) is 42.0 Å². The molecule has 0 saturated carbocycles. The minimum Gasteiger partial charge on any atom is -0.334 e. The van der Waals surface area contributed by atoms with E-state index >= 15 is 0 Å². The van der Waals surface area contributed by atoms with Gasteiger partial charge in [-0.15, -0.1) is 11.3 Å². The third-order valence-electron chi connectivity index (χ3n) is 5.74. The van der Waals surface area contributed by atoms with E-state index in [1.165, 1.54) is 6.42 Å². The van der Waals surface area contributed by atoms with Crippen LogP contribution >= 0.6 is 11.3 Å². The van der Waals surface area contributed by atoms with Gasteiger partial charge in [0.25, 0.3) is 5.91 Å². The average molecular weight is 379 g/mol. The number of piperidine rings is 1. The molecule has 0 radical (unpaired) electrons. The number of pyridine rings is 1. The first-order chi connectivity index (χ1) is 13.3. The molecule has 6 rings (SSSR count). The first-order valence-electron chi connectivity index (χ1n) is 9.53. The largest absolute Gasteiger partial charge is 0.334 e. The number of benzene rings is 1. The zero-order valence-electron chi connectivity index (χ0n) is 15.1. The van der Waals surface area contributed by atoms with Gasteiger partial charge in [0.15, 0.2) is 0 Å². The molecule has 27 heavy (non-hydrogen) atoms. The molecule has 0 unspecified atom stereocenters. The zero-order valence-corrected chi connectivity index (χ0v) is 15.9. The molecule has 3 aromatic rings. The molecule has 5 nitrogen and oxygen atoms in total. The van der Waals surface area contributed by atoms with Crippen LogP contribution in [0.25, 0.3) is 10.2 Å². The summed E-state index contributed by atoms with van der Waals surface area (Å²) in [5.74, 6) is 0.711. The Hall–Kier alpha value is -2.31. The third kappa shape index (κ3) is 3.35. The van der Waals surface area contributed by atoms with Crippen molar-refractivity contribution >= 4 is 27.5 Å². The third-order valence-corrected chi connectivity index (χ3v) is 6.53. The lowest BCUT2D eigenvalue weighted by Gasteiger charge is -2.36. The molecule has 6 heteroatoms. The predicted octanol–water partition coefficient (Wildman–Crippen LogP) is 3.43. The van der Waals surface area contributed by atoms with Gasteiger partial charge < -0.3 is 4.90 Å². The van der Waals surface area contributed by atoms with E-state index in [4.69, 9.17) is 0 Å². The fraction of sp³-hybridized carbons (Fsp3) is 0.381.